The Morgan fingerprint density at radius 3 is 2.52 bits per heavy atom. The van der Waals surface area contributed by atoms with Crippen molar-refractivity contribution >= 4 is 33.0 Å². The van der Waals surface area contributed by atoms with Crippen molar-refractivity contribution in [3.63, 3.8) is 0 Å². The van der Waals surface area contributed by atoms with E-state index in [0.717, 1.165) is 56.2 Å². The maximum Gasteiger partial charge on any atom is 0.312 e. The van der Waals surface area contributed by atoms with E-state index in [0.29, 0.717) is 34.3 Å². The SMILES string of the molecule is CS(=O)(=O)c1ccc(CN2CCN(c3ccc(-c4cc(/C(C=N)=C/NC(F)F)cn5ncc(C#N)c45)cn3)CC2)cn1. The van der Waals surface area contributed by atoms with Gasteiger partial charge in [-0.2, -0.15) is 19.1 Å². The minimum atomic E-state index is -3.33. The Kier molecular flexibility index (Phi) is 8.23. The molecule has 1 fully saturated rings. The molecule has 11 nitrogen and oxygen atoms in total. The summed E-state index contributed by atoms with van der Waals surface area (Å²) in [6.45, 7) is 0.941. The number of piperazine rings is 1. The first-order chi connectivity index (χ1) is 20.2. The maximum absolute atomic E-state index is 12.7. The average molecular weight is 592 g/mol. The second kappa shape index (κ2) is 12.0. The molecule has 0 aromatic carbocycles. The van der Waals surface area contributed by atoms with E-state index in [-0.39, 0.29) is 10.6 Å². The highest BCUT2D eigenvalue weighted by molar-refractivity contribution is 7.90. The third-order valence-corrected chi connectivity index (χ3v) is 7.93. The molecule has 0 unspecified atom stereocenters. The van der Waals surface area contributed by atoms with E-state index in [1.807, 2.05) is 17.4 Å². The summed E-state index contributed by atoms with van der Waals surface area (Å²) in [6, 6.07) is 11.0. The van der Waals surface area contributed by atoms with Gasteiger partial charge < -0.3 is 15.6 Å². The number of halogens is 2. The fourth-order valence-electron chi connectivity index (χ4n) is 4.79. The van der Waals surface area contributed by atoms with Gasteiger partial charge in [-0.3, -0.25) is 4.90 Å². The molecule has 1 saturated heterocycles. The minimum Gasteiger partial charge on any atom is -0.354 e. The zero-order valence-corrected chi connectivity index (χ0v) is 23.4. The fourth-order valence-corrected chi connectivity index (χ4v) is 5.35. The lowest BCUT2D eigenvalue weighted by atomic mass is 10.0. The van der Waals surface area contributed by atoms with E-state index in [1.54, 1.807) is 30.7 Å². The Labute approximate surface area is 241 Å². The van der Waals surface area contributed by atoms with Gasteiger partial charge in [0.2, 0.25) is 0 Å². The smallest absolute Gasteiger partial charge is 0.312 e. The molecule has 0 bridgehead atoms. The summed E-state index contributed by atoms with van der Waals surface area (Å²) in [5.74, 6) is 0.792. The van der Waals surface area contributed by atoms with Crippen LogP contribution < -0.4 is 10.2 Å². The van der Waals surface area contributed by atoms with E-state index < -0.39 is 16.4 Å². The molecule has 0 amide bonds. The fraction of sp³-hybridized carbons (Fsp3) is 0.250. The van der Waals surface area contributed by atoms with Crippen LogP contribution in [0.25, 0.3) is 22.2 Å². The molecule has 0 spiro atoms. The molecule has 42 heavy (non-hydrogen) atoms. The summed E-state index contributed by atoms with van der Waals surface area (Å²) >= 11 is 0. The number of fused-ring (bicyclic) bond motifs is 1. The molecule has 2 N–H and O–H groups in total. The lowest BCUT2D eigenvalue weighted by Crippen LogP contribution is -2.46. The summed E-state index contributed by atoms with van der Waals surface area (Å²) in [7, 11) is -3.33. The third kappa shape index (κ3) is 6.27. The van der Waals surface area contributed by atoms with E-state index in [2.05, 4.69) is 30.9 Å². The van der Waals surface area contributed by atoms with Crippen molar-refractivity contribution in [2.75, 3.05) is 37.3 Å². The number of allylic oxidation sites excluding steroid dienone is 1. The monoisotopic (exact) mass is 591 g/mol. The Hall–Kier alpha value is -4.74. The van der Waals surface area contributed by atoms with Crippen LogP contribution in [0.1, 0.15) is 16.7 Å². The Morgan fingerprint density at radius 2 is 1.93 bits per heavy atom. The highest BCUT2D eigenvalue weighted by Crippen LogP contribution is 2.31. The van der Waals surface area contributed by atoms with Crippen LogP contribution in [-0.2, 0) is 16.4 Å². The van der Waals surface area contributed by atoms with Gasteiger partial charge in [0.05, 0.1) is 17.3 Å². The third-order valence-electron chi connectivity index (χ3n) is 6.92. The number of nitriles is 1. The molecule has 1 aliphatic rings. The van der Waals surface area contributed by atoms with Gasteiger partial charge in [0.25, 0.3) is 0 Å². The molecule has 0 aliphatic carbocycles. The van der Waals surface area contributed by atoms with Crippen LogP contribution in [0, 0.1) is 16.7 Å². The molecule has 5 heterocycles. The minimum absolute atomic E-state index is 0.0607. The average Bonchev–Trinajstić information content (AvgIpc) is 3.40. The van der Waals surface area contributed by atoms with E-state index >= 15 is 0 Å². The summed E-state index contributed by atoms with van der Waals surface area (Å²) in [5.41, 5.74) is 3.86. The molecule has 4 aromatic rings. The first-order valence-corrected chi connectivity index (χ1v) is 14.8. The van der Waals surface area contributed by atoms with E-state index in [4.69, 9.17) is 5.41 Å². The molecule has 5 rings (SSSR count). The number of aromatic nitrogens is 4. The quantitative estimate of drug-likeness (QED) is 0.222. The summed E-state index contributed by atoms with van der Waals surface area (Å²) in [5, 5.41) is 23.6. The van der Waals surface area contributed by atoms with Gasteiger partial charge in [-0.15, -0.1) is 0 Å². The zero-order valence-electron chi connectivity index (χ0n) is 22.6. The van der Waals surface area contributed by atoms with Crippen LogP contribution in [0.2, 0.25) is 0 Å². The number of rotatable bonds is 9. The van der Waals surface area contributed by atoms with Crippen LogP contribution in [-0.4, -0.2) is 78.1 Å². The van der Waals surface area contributed by atoms with Crippen LogP contribution >= 0.6 is 0 Å². The largest absolute Gasteiger partial charge is 0.354 e. The van der Waals surface area contributed by atoms with Crippen molar-refractivity contribution in [3.8, 4) is 17.2 Å². The number of nitrogens with zero attached hydrogens (tertiary/aromatic N) is 7. The second-order valence-electron chi connectivity index (χ2n) is 9.76. The molecule has 0 saturated carbocycles. The standard InChI is InChI=1S/C28H27F2N9O2S/c1-42(40,41)26-5-2-19(13-34-26)17-37-6-8-38(9-7-37)25-4-3-20(14-33-25)24-10-21(22(11-31)15-35-28(29)30)18-39-27(24)23(12-32)16-36-39/h2-5,10-11,13-16,18,28,31,35H,6-9,17H2,1H3/b22-15+,31-11?. The topological polar surface area (TPSA) is 143 Å². The summed E-state index contributed by atoms with van der Waals surface area (Å²) in [6.07, 6.45) is 9.50. The number of hydrogen-bond acceptors (Lipinski definition) is 10. The molecule has 0 radical (unpaired) electrons. The first-order valence-electron chi connectivity index (χ1n) is 12.9. The predicted octanol–water partition coefficient (Wildman–Crippen LogP) is 3.19. The van der Waals surface area contributed by atoms with Crippen LogP contribution in [0.5, 0.6) is 0 Å². The van der Waals surface area contributed by atoms with Gasteiger partial charge >= 0.3 is 6.55 Å². The molecule has 0 atom stereocenters. The predicted molar refractivity (Wildman–Crippen MR) is 154 cm³/mol. The van der Waals surface area contributed by atoms with Gasteiger partial charge in [-0.05, 0) is 29.8 Å². The second-order valence-corrected chi connectivity index (χ2v) is 11.7. The number of hydrogen-bond donors (Lipinski definition) is 2. The zero-order chi connectivity index (χ0) is 29.9. The maximum atomic E-state index is 12.7. The Morgan fingerprint density at radius 1 is 1.14 bits per heavy atom. The number of sulfone groups is 1. The van der Waals surface area contributed by atoms with Gasteiger partial charge in [-0.25, -0.2) is 22.9 Å². The van der Waals surface area contributed by atoms with Crippen molar-refractivity contribution < 1.29 is 17.2 Å². The molecule has 1 aliphatic heterocycles. The van der Waals surface area contributed by atoms with Gasteiger partial charge in [0.15, 0.2) is 14.9 Å². The van der Waals surface area contributed by atoms with Crippen LogP contribution in [0.4, 0.5) is 14.6 Å². The van der Waals surface area contributed by atoms with Gasteiger partial charge in [-0.1, -0.05) is 6.07 Å². The van der Waals surface area contributed by atoms with Crippen molar-refractivity contribution in [3.05, 3.63) is 78.0 Å². The van der Waals surface area contributed by atoms with Crippen LogP contribution in [0.3, 0.4) is 0 Å². The number of alkyl halides is 2. The van der Waals surface area contributed by atoms with Crippen LogP contribution in [0.15, 0.2) is 66.3 Å². The van der Waals surface area contributed by atoms with Crippen molar-refractivity contribution in [1.82, 2.24) is 29.8 Å². The lowest BCUT2D eigenvalue weighted by molar-refractivity contribution is 0.125. The molecular formula is C28H27F2N9O2S. The van der Waals surface area contributed by atoms with E-state index in [1.165, 1.54) is 16.8 Å². The Balaban J connectivity index is 1.33. The summed E-state index contributed by atoms with van der Waals surface area (Å²) in [4.78, 5) is 13.2. The number of anilines is 1. The van der Waals surface area contributed by atoms with Crippen molar-refractivity contribution in [2.45, 2.75) is 18.1 Å². The summed E-state index contributed by atoms with van der Waals surface area (Å²) < 4.78 is 50.3. The van der Waals surface area contributed by atoms with Crippen molar-refractivity contribution in [1.29, 1.82) is 10.7 Å². The van der Waals surface area contributed by atoms with E-state index in [9.17, 15) is 22.5 Å². The normalized spacial score (nSPS) is 14.7. The molecule has 14 heteroatoms. The molecule has 216 valence electrons. The van der Waals surface area contributed by atoms with Crippen molar-refractivity contribution in [2.24, 2.45) is 0 Å². The number of pyridine rings is 3. The lowest BCUT2D eigenvalue weighted by Gasteiger charge is -2.35. The Bertz CT molecular complexity index is 1770. The number of nitrogens with one attached hydrogen (secondary N) is 2. The van der Waals surface area contributed by atoms with Gasteiger partial charge in [0, 0.05) is 92.2 Å². The molecular weight excluding hydrogens is 564 g/mol. The van der Waals surface area contributed by atoms with Gasteiger partial charge in [0.1, 0.15) is 11.9 Å². The highest BCUT2D eigenvalue weighted by Gasteiger charge is 2.20. The highest BCUT2D eigenvalue weighted by atomic mass is 32.2. The first kappa shape index (κ1) is 28.8. The molecule has 4 aromatic heterocycles.